The molecular weight excluding hydrogens is 330 g/mol. The zero-order valence-electron chi connectivity index (χ0n) is 16.4. The summed E-state index contributed by atoms with van der Waals surface area (Å²) in [4.78, 5) is 19.5. The predicted molar refractivity (Wildman–Crippen MR) is 103 cm³/mol. The van der Waals surface area contributed by atoms with Crippen molar-refractivity contribution in [2.45, 2.75) is 39.0 Å². The van der Waals surface area contributed by atoms with Gasteiger partial charge in [0, 0.05) is 39.3 Å². The molecule has 0 bridgehead atoms. The lowest BCUT2D eigenvalue weighted by atomic mass is 10.1. The van der Waals surface area contributed by atoms with Crippen LogP contribution in [0.2, 0.25) is 0 Å². The number of benzene rings is 1. The van der Waals surface area contributed by atoms with Crippen molar-refractivity contribution in [3.8, 4) is 5.75 Å². The van der Waals surface area contributed by atoms with Crippen LogP contribution in [-0.2, 0) is 9.53 Å². The fourth-order valence-corrected chi connectivity index (χ4v) is 4.02. The highest BCUT2D eigenvalue weighted by molar-refractivity contribution is 5.81. The molecule has 2 heterocycles. The lowest BCUT2D eigenvalue weighted by molar-refractivity contribution is -0.148. The Morgan fingerprint density at radius 3 is 2.35 bits per heavy atom. The molecule has 0 radical (unpaired) electrons. The van der Waals surface area contributed by atoms with Gasteiger partial charge in [-0.15, -0.1) is 0 Å². The predicted octanol–water partition coefficient (Wildman–Crippen LogP) is 1.84. The normalized spacial score (nSPS) is 25.8. The van der Waals surface area contributed by atoms with E-state index in [2.05, 4.69) is 15.9 Å². The number of ether oxygens (including phenoxy) is 2. The van der Waals surface area contributed by atoms with Crippen LogP contribution in [0.4, 0.5) is 5.69 Å². The maximum absolute atomic E-state index is 12.9. The molecule has 26 heavy (non-hydrogen) atoms. The van der Waals surface area contributed by atoms with E-state index in [0.717, 1.165) is 37.6 Å². The van der Waals surface area contributed by atoms with Gasteiger partial charge in [0.25, 0.3) is 0 Å². The number of carbonyl (C=O) groups is 1. The number of hydrogen-bond acceptors (Lipinski definition) is 5. The summed E-state index contributed by atoms with van der Waals surface area (Å²) < 4.78 is 11.2. The highest BCUT2D eigenvalue weighted by Gasteiger charge is 2.32. The van der Waals surface area contributed by atoms with Crippen molar-refractivity contribution in [3.05, 3.63) is 24.3 Å². The molecule has 0 N–H and O–H groups in total. The lowest BCUT2D eigenvalue weighted by Crippen LogP contribution is -2.57. The Kier molecular flexibility index (Phi) is 6.04. The Balaban J connectivity index is 1.58. The molecule has 2 saturated heterocycles. The van der Waals surface area contributed by atoms with E-state index in [0.29, 0.717) is 13.1 Å². The zero-order chi connectivity index (χ0) is 18.7. The summed E-state index contributed by atoms with van der Waals surface area (Å²) in [5, 5.41) is 0. The van der Waals surface area contributed by atoms with Gasteiger partial charge in [-0.1, -0.05) is 12.1 Å². The molecule has 0 aliphatic carbocycles. The Bertz CT molecular complexity index is 606. The van der Waals surface area contributed by atoms with E-state index in [4.69, 9.17) is 9.47 Å². The average Bonchev–Trinajstić information content (AvgIpc) is 2.66. The summed E-state index contributed by atoms with van der Waals surface area (Å²) in [5.41, 5.74) is 1.13. The quantitative estimate of drug-likeness (QED) is 0.819. The van der Waals surface area contributed by atoms with Crippen LogP contribution in [0.1, 0.15) is 20.8 Å². The van der Waals surface area contributed by atoms with E-state index in [9.17, 15) is 4.79 Å². The summed E-state index contributed by atoms with van der Waals surface area (Å²) in [6.07, 6.45) is 0.217. The van der Waals surface area contributed by atoms with Crippen LogP contribution < -0.4 is 9.64 Å². The van der Waals surface area contributed by atoms with Crippen LogP contribution in [0.15, 0.2) is 24.3 Å². The number of piperazine rings is 1. The minimum absolute atomic E-state index is 0.0904. The molecule has 144 valence electrons. The van der Waals surface area contributed by atoms with Crippen molar-refractivity contribution >= 4 is 11.6 Å². The molecule has 2 aliphatic heterocycles. The average molecular weight is 361 g/mol. The SMILES string of the molecule is COc1ccccc1N1CCN([C@H](C)C(=O)N2C[C@@H](C)O[C@@H](C)C2)CC1. The molecule has 0 aromatic heterocycles. The van der Waals surface area contributed by atoms with Crippen LogP contribution in [-0.4, -0.2) is 80.3 Å². The molecular formula is C20H31N3O3. The van der Waals surface area contributed by atoms with Gasteiger partial charge in [0.2, 0.25) is 5.91 Å². The molecule has 3 rings (SSSR count). The van der Waals surface area contributed by atoms with Crippen molar-refractivity contribution in [2.24, 2.45) is 0 Å². The first-order chi connectivity index (χ1) is 12.5. The standard InChI is InChI=1S/C20H31N3O3/c1-15-13-23(14-16(2)26-15)20(24)17(3)21-9-11-22(12-10-21)18-7-5-6-8-19(18)25-4/h5-8,15-17H,9-14H2,1-4H3/t15-,16+,17-/m1/s1. The largest absolute Gasteiger partial charge is 0.495 e. The van der Waals surface area contributed by atoms with Gasteiger partial charge in [-0.05, 0) is 32.9 Å². The summed E-state index contributed by atoms with van der Waals surface area (Å²) in [6, 6.07) is 8.03. The van der Waals surface area contributed by atoms with Crippen LogP contribution in [0.3, 0.4) is 0 Å². The summed E-state index contributed by atoms with van der Waals surface area (Å²) >= 11 is 0. The summed E-state index contributed by atoms with van der Waals surface area (Å²) in [6.45, 7) is 11.0. The minimum Gasteiger partial charge on any atom is -0.495 e. The number of anilines is 1. The topological polar surface area (TPSA) is 45.2 Å². The number of para-hydroxylation sites is 2. The monoisotopic (exact) mass is 361 g/mol. The van der Waals surface area contributed by atoms with Gasteiger partial charge >= 0.3 is 0 Å². The van der Waals surface area contributed by atoms with Crippen LogP contribution in [0.25, 0.3) is 0 Å². The molecule has 1 amide bonds. The van der Waals surface area contributed by atoms with Crippen LogP contribution in [0.5, 0.6) is 5.75 Å². The number of nitrogens with zero attached hydrogens (tertiary/aromatic N) is 3. The molecule has 0 saturated carbocycles. The first-order valence-electron chi connectivity index (χ1n) is 9.56. The van der Waals surface area contributed by atoms with Gasteiger partial charge in [0.15, 0.2) is 0 Å². The number of morpholine rings is 1. The first kappa shape index (κ1) is 19.0. The van der Waals surface area contributed by atoms with Gasteiger partial charge in [-0.3, -0.25) is 9.69 Å². The van der Waals surface area contributed by atoms with Crippen molar-refractivity contribution in [1.29, 1.82) is 0 Å². The van der Waals surface area contributed by atoms with E-state index in [-0.39, 0.29) is 24.2 Å². The van der Waals surface area contributed by atoms with Crippen LogP contribution >= 0.6 is 0 Å². The molecule has 2 fully saturated rings. The first-order valence-corrected chi connectivity index (χ1v) is 9.56. The third-order valence-corrected chi connectivity index (χ3v) is 5.38. The zero-order valence-corrected chi connectivity index (χ0v) is 16.4. The fraction of sp³-hybridized carbons (Fsp3) is 0.650. The summed E-state index contributed by atoms with van der Waals surface area (Å²) in [5.74, 6) is 1.12. The number of methoxy groups -OCH3 is 1. The van der Waals surface area contributed by atoms with Crippen molar-refractivity contribution in [3.63, 3.8) is 0 Å². The Morgan fingerprint density at radius 2 is 1.73 bits per heavy atom. The van der Waals surface area contributed by atoms with E-state index in [1.807, 2.05) is 43.9 Å². The van der Waals surface area contributed by atoms with E-state index in [1.54, 1.807) is 7.11 Å². The molecule has 1 aromatic carbocycles. The van der Waals surface area contributed by atoms with Crippen LogP contribution in [0, 0.1) is 0 Å². The number of rotatable bonds is 4. The van der Waals surface area contributed by atoms with E-state index < -0.39 is 0 Å². The van der Waals surface area contributed by atoms with Gasteiger partial charge in [-0.2, -0.15) is 0 Å². The van der Waals surface area contributed by atoms with Crippen molar-refractivity contribution < 1.29 is 14.3 Å². The molecule has 2 aliphatic rings. The maximum atomic E-state index is 12.9. The highest BCUT2D eigenvalue weighted by Crippen LogP contribution is 2.28. The van der Waals surface area contributed by atoms with Crippen molar-refractivity contribution in [1.82, 2.24) is 9.80 Å². The molecule has 3 atom stereocenters. The van der Waals surface area contributed by atoms with E-state index in [1.165, 1.54) is 0 Å². The van der Waals surface area contributed by atoms with E-state index >= 15 is 0 Å². The second-order valence-electron chi connectivity index (χ2n) is 7.37. The fourth-order valence-electron chi connectivity index (χ4n) is 4.02. The smallest absolute Gasteiger partial charge is 0.239 e. The van der Waals surface area contributed by atoms with Gasteiger partial charge in [-0.25, -0.2) is 0 Å². The van der Waals surface area contributed by atoms with Gasteiger partial charge in [0.1, 0.15) is 5.75 Å². The lowest BCUT2D eigenvalue weighted by Gasteiger charge is -2.42. The van der Waals surface area contributed by atoms with Gasteiger partial charge in [0.05, 0.1) is 31.0 Å². The Labute approximate surface area is 156 Å². The maximum Gasteiger partial charge on any atom is 0.239 e. The molecule has 0 unspecified atom stereocenters. The third-order valence-electron chi connectivity index (χ3n) is 5.38. The second kappa shape index (κ2) is 8.27. The molecule has 6 nitrogen and oxygen atoms in total. The van der Waals surface area contributed by atoms with Crippen molar-refractivity contribution in [2.75, 3.05) is 51.3 Å². The third kappa shape index (κ3) is 4.13. The molecule has 6 heteroatoms. The Hall–Kier alpha value is -1.79. The number of hydrogen-bond donors (Lipinski definition) is 0. The second-order valence-corrected chi connectivity index (χ2v) is 7.37. The molecule has 0 spiro atoms. The Morgan fingerprint density at radius 1 is 1.12 bits per heavy atom. The minimum atomic E-state index is -0.0904. The summed E-state index contributed by atoms with van der Waals surface area (Å²) in [7, 11) is 1.71. The highest BCUT2D eigenvalue weighted by atomic mass is 16.5. The van der Waals surface area contributed by atoms with Gasteiger partial charge < -0.3 is 19.3 Å². The number of carbonyl (C=O) groups excluding carboxylic acids is 1. The molecule has 1 aromatic rings. The number of amides is 1.